The van der Waals surface area contributed by atoms with Gasteiger partial charge in [-0.3, -0.25) is 0 Å². The molecule has 4 nitrogen and oxygen atoms in total. The third-order valence-corrected chi connectivity index (χ3v) is 3.43. The van der Waals surface area contributed by atoms with Crippen LogP contribution in [0.15, 0.2) is 30.6 Å². The van der Waals surface area contributed by atoms with Crippen molar-refractivity contribution in [3.05, 3.63) is 42.0 Å². The van der Waals surface area contributed by atoms with E-state index in [2.05, 4.69) is 4.98 Å². The second-order valence-electron chi connectivity index (χ2n) is 4.91. The molecule has 20 heavy (non-hydrogen) atoms. The number of aromatic nitrogens is 2. The summed E-state index contributed by atoms with van der Waals surface area (Å²) in [6, 6.07) is 5.34. The summed E-state index contributed by atoms with van der Waals surface area (Å²) in [5.74, 6) is 0.404. The molecule has 3 rings (SSSR count). The molecule has 0 spiro atoms. The Morgan fingerprint density at radius 2 is 2.30 bits per heavy atom. The molecule has 0 N–H and O–H groups in total. The Balaban J connectivity index is 1.87. The first-order chi connectivity index (χ1) is 9.75. The minimum Gasteiger partial charge on any atom is -0.376 e. The molecule has 0 aliphatic carbocycles. The van der Waals surface area contributed by atoms with Crippen LogP contribution in [0.25, 0.3) is 11.4 Å². The molecule has 0 saturated carbocycles. The van der Waals surface area contributed by atoms with E-state index in [1.54, 1.807) is 25.3 Å². The molecule has 0 radical (unpaired) electrons. The zero-order valence-electron chi connectivity index (χ0n) is 11.4. The van der Waals surface area contributed by atoms with Crippen molar-refractivity contribution in [1.29, 1.82) is 0 Å². The van der Waals surface area contributed by atoms with Gasteiger partial charge in [-0.2, -0.15) is 0 Å². The second-order valence-corrected chi connectivity index (χ2v) is 4.91. The van der Waals surface area contributed by atoms with Crippen molar-refractivity contribution >= 4 is 0 Å². The third-order valence-electron chi connectivity index (χ3n) is 3.43. The van der Waals surface area contributed by atoms with Crippen molar-refractivity contribution in [3.63, 3.8) is 0 Å². The van der Waals surface area contributed by atoms with Gasteiger partial charge >= 0.3 is 0 Å². The molecule has 1 aliphatic heterocycles. The van der Waals surface area contributed by atoms with Crippen LogP contribution in [0.2, 0.25) is 0 Å². The molecule has 2 aromatic rings. The Labute approximate surface area is 117 Å². The van der Waals surface area contributed by atoms with E-state index in [-0.39, 0.29) is 11.9 Å². The topological polar surface area (TPSA) is 36.3 Å². The highest BCUT2D eigenvalue weighted by Crippen LogP contribution is 2.23. The summed E-state index contributed by atoms with van der Waals surface area (Å²) >= 11 is 0. The normalized spacial score (nSPS) is 19.2. The number of nitrogens with zero attached hydrogens (tertiary/aromatic N) is 2. The highest BCUT2D eigenvalue weighted by atomic mass is 19.1. The van der Waals surface area contributed by atoms with Crippen LogP contribution in [0.1, 0.15) is 5.56 Å². The van der Waals surface area contributed by atoms with Gasteiger partial charge in [0.25, 0.3) is 0 Å². The molecule has 0 amide bonds. The number of rotatable bonds is 3. The lowest BCUT2D eigenvalue weighted by molar-refractivity contribution is -0.0934. The SMILES string of the molecule is Cc1cccc(-c2nccn2CC2COCCO2)c1F. The van der Waals surface area contributed by atoms with Gasteiger partial charge in [-0.15, -0.1) is 0 Å². The average Bonchev–Trinajstić information content (AvgIpc) is 2.91. The molecular weight excluding hydrogens is 259 g/mol. The molecule has 1 aliphatic rings. The Morgan fingerprint density at radius 1 is 1.40 bits per heavy atom. The fourth-order valence-electron chi connectivity index (χ4n) is 2.38. The van der Waals surface area contributed by atoms with Gasteiger partial charge in [0.05, 0.1) is 38.0 Å². The summed E-state index contributed by atoms with van der Waals surface area (Å²) in [7, 11) is 0. The van der Waals surface area contributed by atoms with Gasteiger partial charge in [0.15, 0.2) is 0 Å². The fourth-order valence-corrected chi connectivity index (χ4v) is 2.38. The molecule has 1 fully saturated rings. The quantitative estimate of drug-likeness (QED) is 0.863. The molecule has 5 heteroatoms. The van der Waals surface area contributed by atoms with Gasteiger partial charge in [-0.1, -0.05) is 12.1 Å². The standard InChI is InChI=1S/C15H17FN2O2/c1-11-3-2-4-13(14(11)16)15-17-5-6-18(15)9-12-10-19-7-8-20-12/h2-6,12H,7-10H2,1H3. The molecule has 2 heterocycles. The number of hydrogen-bond acceptors (Lipinski definition) is 3. The Kier molecular flexibility index (Phi) is 3.80. The molecule has 1 atom stereocenters. The minimum absolute atomic E-state index is 0.00966. The largest absolute Gasteiger partial charge is 0.376 e. The highest BCUT2D eigenvalue weighted by molar-refractivity contribution is 5.57. The zero-order chi connectivity index (χ0) is 13.9. The molecular formula is C15H17FN2O2. The van der Waals surface area contributed by atoms with Crippen molar-refractivity contribution in [3.8, 4) is 11.4 Å². The molecule has 1 aromatic heterocycles. The van der Waals surface area contributed by atoms with Crippen LogP contribution in [-0.2, 0) is 16.0 Å². The zero-order valence-corrected chi connectivity index (χ0v) is 11.4. The lowest BCUT2D eigenvalue weighted by Crippen LogP contribution is -2.32. The molecule has 1 saturated heterocycles. The van der Waals surface area contributed by atoms with E-state index in [4.69, 9.17) is 9.47 Å². The van der Waals surface area contributed by atoms with Crippen molar-refractivity contribution in [2.24, 2.45) is 0 Å². The predicted octanol–water partition coefficient (Wildman–Crippen LogP) is 2.41. The number of halogens is 1. The van der Waals surface area contributed by atoms with E-state index >= 15 is 0 Å². The molecule has 1 unspecified atom stereocenters. The maximum Gasteiger partial charge on any atom is 0.142 e. The van der Waals surface area contributed by atoms with Crippen LogP contribution in [0, 0.1) is 12.7 Å². The van der Waals surface area contributed by atoms with Crippen LogP contribution in [0.3, 0.4) is 0 Å². The van der Waals surface area contributed by atoms with Crippen molar-refractivity contribution < 1.29 is 13.9 Å². The highest BCUT2D eigenvalue weighted by Gasteiger charge is 2.18. The smallest absolute Gasteiger partial charge is 0.142 e. The van der Waals surface area contributed by atoms with Crippen LogP contribution in [0.5, 0.6) is 0 Å². The molecule has 106 valence electrons. The van der Waals surface area contributed by atoms with Crippen LogP contribution in [0.4, 0.5) is 4.39 Å². The minimum atomic E-state index is -0.222. The molecule has 1 aromatic carbocycles. The Bertz CT molecular complexity index is 591. The van der Waals surface area contributed by atoms with E-state index in [0.29, 0.717) is 43.3 Å². The van der Waals surface area contributed by atoms with Crippen molar-refractivity contribution in [1.82, 2.24) is 9.55 Å². The lowest BCUT2D eigenvalue weighted by Gasteiger charge is -2.24. The maximum absolute atomic E-state index is 14.2. The predicted molar refractivity (Wildman–Crippen MR) is 72.9 cm³/mol. The van der Waals surface area contributed by atoms with Crippen molar-refractivity contribution in [2.45, 2.75) is 19.6 Å². The third kappa shape index (κ3) is 2.59. The number of aryl methyl sites for hydroxylation is 1. The first-order valence-corrected chi connectivity index (χ1v) is 6.71. The first-order valence-electron chi connectivity index (χ1n) is 6.71. The number of ether oxygens (including phenoxy) is 2. The average molecular weight is 276 g/mol. The number of benzene rings is 1. The van der Waals surface area contributed by atoms with E-state index < -0.39 is 0 Å². The Morgan fingerprint density at radius 3 is 3.10 bits per heavy atom. The monoisotopic (exact) mass is 276 g/mol. The number of hydrogen-bond donors (Lipinski definition) is 0. The lowest BCUT2D eigenvalue weighted by atomic mass is 10.1. The summed E-state index contributed by atoms with van der Waals surface area (Å²) in [6.45, 7) is 4.17. The van der Waals surface area contributed by atoms with Crippen LogP contribution >= 0.6 is 0 Å². The van der Waals surface area contributed by atoms with E-state index in [9.17, 15) is 4.39 Å². The van der Waals surface area contributed by atoms with Gasteiger partial charge in [-0.05, 0) is 18.6 Å². The van der Waals surface area contributed by atoms with E-state index in [1.165, 1.54) is 0 Å². The van der Waals surface area contributed by atoms with E-state index in [1.807, 2.05) is 16.8 Å². The van der Waals surface area contributed by atoms with Crippen LogP contribution in [-0.4, -0.2) is 35.5 Å². The van der Waals surface area contributed by atoms with Gasteiger partial charge in [0.1, 0.15) is 11.6 Å². The summed E-state index contributed by atoms with van der Waals surface area (Å²) in [4.78, 5) is 4.28. The summed E-state index contributed by atoms with van der Waals surface area (Å²) in [5, 5.41) is 0. The number of imidazole rings is 1. The Hall–Kier alpha value is -1.72. The maximum atomic E-state index is 14.2. The summed E-state index contributed by atoms with van der Waals surface area (Å²) in [6.07, 6.45) is 3.51. The fraction of sp³-hybridized carbons (Fsp3) is 0.400. The first kappa shape index (κ1) is 13.3. The van der Waals surface area contributed by atoms with Gasteiger partial charge in [-0.25, -0.2) is 9.37 Å². The van der Waals surface area contributed by atoms with Crippen molar-refractivity contribution in [2.75, 3.05) is 19.8 Å². The second kappa shape index (κ2) is 5.73. The molecule has 0 bridgehead atoms. The van der Waals surface area contributed by atoms with Crippen LogP contribution < -0.4 is 0 Å². The van der Waals surface area contributed by atoms with Gasteiger partial charge in [0.2, 0.25) is 0 Å². The van der Waals surface area contributed by atoms with Gasteiger partial charge < -0.3 is 14.0 Å². The summed E-state index contributed by atoms with van der Waals surface area (Å²) < 4.78 is 27.1. The summed E-state index contributed by atoms with van der Waals surface area (Å²) in [5.41, 5.74) is 1.14. The van der Waals surface area contributed by atoms with E-state index in [0.717, 1.165) is 0 Å². The van der Waals surface area contributed by atoms with Gasteiger partial charge in [0, 0.05) is 12.4 Å².